The number of hydrogen-bond acceptors (Lipinski definition) is 3. The normalized spacial score (nSPS) is 9.67. The molecule has 1 aromatic heterocycles. The largest absolute Gasteiger partial charge is 0.254 e. The second kappa shape index (κ2) is 2.05. The topological polar surface area (TPSA) is 38.7 Å². The Morgan fingerprint density at radius 1 is 1.22 bits per heavy atom. The van der Waals surface area contributed by atoms with E-state index in [4.69, 9.17) is 0 Å². The van der Waals surface area contributed by atoms with Crippen LogP contribution in [0.2, 0.25) is 0 Å². The van der Waals surface area contributed by atoms with Gasteiger partial charge in [0.1, 0.15) is 5.82 Å². The number of aryl methyl sites for hydroxylation is 2. The molecule has 0 saturated heterocycles. The third kappa shape index (κ3) is 1.19. The van der Waals surface area contributed by atoms with Crippen molar-refractivity contribution in [2.75, 3.05) is 0 Å². The Balaban J connectivity index is 3.17. The predicted octanol–water partition coefficient (Wildman–Crippen LogP) is 0.628. The minimum atomic E-state index is -0.597. The number of rotatable bonds is 0. The molecule has 0 unspecified atom stereocenters. The summed E-state index contributed by atoms with van der Waals surface area (Å²) in [5, 5.41) is 6.60. The second-order valence-corrected chi connectivity index (χ2v) is 1.74. The van der Waals surface area contributed by atoms with Gasteiger partial charge in [0.25, 0.3) is 5.95 Å². The van der Waals surface area contributed by atoms with Crippen molar-refractivity contribution >= 4 is 0 Å². The second-order valence-electron chi connectivity index (χ2n) is 1.74. The van der Waals surface area contributed by atoms with Crippen LogP contribution in [0.15, 0.2) is 0 Å². The van der Waals surface area contributed by atoms with Gasteiger partial charge in [0.05, 0.1) is 5.69 Å². The number of halogens is 1. The fraction of sp³-hybridized carbons (Fsp3) is 0.400. The fourth-order valence-electron chi connectivity index (χ4n) is 0.500. The lowest BCUT2D eigenvalue weighted by Gasteiger charge is -1.91. The zero-order valence-electron chi connectivity index (χ0n) is 5.22. The minimum absolute atomic E-state index is 0.294. The zero-order valence-corrected chi connectivity index (χ0v) is 5.22. The van der Waals surface area contributed by atoms with E-state index in [1.54, 1.807) is 13.8 Å². The molecule has 1 rings (SSSR count). The molecule has 0 spiro atoms. The van der Waals surface area contributed by atoms with Crippen LogP contribution in [0.25, 0.3) is 0 Å². The summed E-state index contributed by atoms with van der Waals surface area (Å²) in [6.07, 6.45) is 0. The van der Waals surface area contributed by atoms with Crippen molar-refractivity contribution in [3.63, 3.8) is 0 Å². The Bertz CT molecular complexity index is 223. The van der Waals surface area contributed by atoms with E-state index < -0.39 is 5.95 Å². The molecule has 1 heterocycles. The van der Waals surface area contributed by atoms with Crippen molar-refractivity contribution in [3.8, 4) is 0 Å². The first-order valence-electron chi connectivity index (χ1n) is 2.53. The van der Waals surface area contributed by atoms with E-state index in [0.29, 0.717) is 11.5 Å². The third-order valence-electron chi connectivity index (χ3n) is 0.911. The van der Waals surface area contributed by atoms with Crippen LogP contribution in [0.5, 0.6) is 0 Å². The van der Waals surface area contributed by atoms with Gasteiger partial charge in [-0.15, -0.1) is 10.2 Å². The number of hydrogen-bond donors (Lipinski definition) is 0. The van der Waals surface area contributed by atoms with Crippen LogP contribution in [-0.2, 0) is 0 Å². The summed E-state index contributed by atoms with van der Waals surface area (Å²) in [6.45, 7) is 3.22. The van der Waals surface area contributed by atoms with Gasteiger partial charge >= 0.3 is 0 Å². The van der Waals surface area contributed by atoms with Gasteiger partial charge in [-0.25, -0.2) is 4.98 Å². The summed E-state index contributed by atoms with van der Waals surface area (Å²) < 4.78 is 12.3. The quantitative estimate of drug-likeness (QED) is 0.513. The van der Waals surface area contributed by atoms with Crippen LogP contribution in [0, 0.1) is 19.8 Å². The molecule has 0 aliphatic heterocycles. The van der Waals surface area contributed by atoms with Crippen LogP contribution < -0.4 is 0 Å². The molecule has 0 radical (unpaired) electrons. The van der Waals surface area contributed by atoms with Crippen LogP contribution in [0.3, 0.4) is 0 Å². The zero-order chi connectivity index (χ0) is 6.85. The van der Waals surface area contributed by atoms with Crippen molar-refractivity contribution in [2.45, 2.75) is 13.8 Å². The van der Waals surface area contributed by atoms with Gasteiger partial charge < -0.3 is 0 Å². The lowest BCUT2D eigenvalue weighted by molar-refractivity contribution is 0.537. The molecular formula is C5H6FN3. The van der Waals surface area contributed by atoms with Crippen molar-refractivity contribution in [1.82, 2.24) is 15.2 Å². The van der Waals surface area contributed by atoms with Crippen LogP contribution >= 0.6 is 0 Å². The lowest BCUT2D eigenvalue weighted by atomic mass is 10.5. The van der Waals surface area contributed by atoms with E-state index in [0.717, 1.165) is 0 Å². The Hall–Kier alpha value is -1.06. The standard InChI is InChI=1S/C5H6FN3/c1-3-5(6)9-8-4(2)7-3/h1-2H3. The van der Waals surface area contributed by atoms with Crippen LogP contribution in [-0.4, -0.2) is 15.2 Å². The highest BCUT2D eigenvalue weighted by molar-refractivity contribution is 4.93. The summed E-state index contributed by atoms with van der Waals surface area (Å²) in [5.41, 5.74) is 0.294. The molecule has 0 fully saturated rings. The molecule has 48 valence electrons. The first-order valence-corrected chi connectivity index (χ1v) is 2.53. The maximum Gasteiger partial charge on any atom is 0.254 e. The number of aromatic nitrogens is 3. The maximum atomic E-state index is 12.3. The SMILES string of the molecule is Cc1nnc(F)c(C)n1. The first kappa shape index (κ1) is 6.07. The summed E-state index contributed by atoms with van der Waals surface area (Å²) in [5.74, 6) is -0.102. The smallest absolute Gasteiger partial charge is 0.232 e. The monoisotopic (exact) mass is 127 g/mol. The van der Waals surface area contributed by atoms with E-state index in [1.165, 1.54) is 0 Å². The lowest BCUT2D eigenvalue weighted by Crippen LogP contribution is -1.98. The molecular weight excluding hydrogens is 121 g/mol. The summed E-state index contributed by atoms with van der Waals surface area (Å²) in [4.78, 5) is 3.72. The predicted molar refractivity (Wildman–Crippen MR) is 29.3 cm³/mol. The molecule has 0 aliphatic rings. The van der Waals surface area contributed by atoms with Gasteiger partial charge in [0.15, 0.2) is 0 Å². The Morgan fingerprint density at radius 2 is 1.89 bits per heavy atom. The van der Waals surface area contributed by atoms with Gasteiger partial charge in [-0.2, -0.15) is 4.39 Å². The van der Waals surface area contributed by atoms with E-state index >= 15 is 0 Å². The van der Waals surface area contributed by atoms with Crippen molar-refractivity contribution in [2.24, 2.45) is 0 Å². The summed E-state index contributed by atoms with van der Waals surface area (Å²) in [6, 6.07) is 0. The summed E-state index contributed by atoms with van der Waals surface area (Å²) in [7, 11) is 0. The van der Waals surface area contributed by atoms with Gasteiger partial charge in [-0.1, -0.05) is 0 Å². The fourth-order valence-corrected chi connectivity index (χ4v) is 0.500. The van der Waals surface area contributed by atoms with Gasteiger partial charge in [-0.3, -0.25) is 0 Å². The molecule has 0 saturated carbocycles. The first-order chi connectivity index (χ1) is 4.20. The molecule has 1 aromatic rings. The van der Waals surface area contributed by atoms with Crippen LogP contribution in [0.4, 0.5) is 4.39 Å². The molecule has 0 atom stereocenters. The Kier molecular flexibility index (Phi) is 1.38. The molecule has 4 heteroatoms. The maximum absolute atomic E-state index is 12.3. The van der Waals surface area contributed by atoms with Gasteiger partial charge in [0, 0.05) is 0 Å². The molecule has 3 nitrogen and oxygen atoms in total. The molecule has 0 bridgehead atoms. The van der Waals surface area contributed by atoms with E-state index in [1.807, 2.05) is 0 Å². The van der Waals surface area contributed by atoms with E-state index in [9.17, 15) is 4.39 Å². The number of nitrogens with zero attached hydrogens (tertiary/aromatic N) is 3. The average Bonchev–Trinajstić information content (AvgIpc) is 1.80. The minimum Gasteiger partial charge on any atom is -0.232 e. The third-order valence-corrected chi connectivity index (χ3v) is 0.911. The van der Waals surface area contributed by atoms with E-state index in [2.05, 4.69) is 15.2 Å². The molecule has 0 N–H and O–H groups in total. The molecule has 0 amide bonds. The van der Waals surface area contributed by atoms with Crippen molar-refractivity contribution < 1.29 is 4.39 Å². The van der Waals surface area contributed by atoms with Crippen molar-refractivity contribution in [1.29, 1.82) is 0 Å². The highest BCUT2D eigenvalue weighted by Gasteiger charge is 1.98. The highest BCUT2D eigenvalue weighted by Crippen LogP contribution is 1.94. The van der Waals surface area contributed by atoms with Gasteiger partial charge in [-0.05, 0) is 13.8 Å². The molecule has 0 aromatic carbocycles. The van der Waals surface area contributed by atoms with Gasteiger partial charge in [0.2, 0.25) is 0 Å². The van der Waals surface area contributed by atoms with Crippen molar-refractivity contribution in [3.05, 3.63) is 17.5 Å². The molecule has 0 aliphatic carbocycles. The Labute approximate surface area is 52.0 Å². The van der Waals surface area contributed by atoms with Crippen LogP contribution in [0.1, 0.15) is 11.5 Å². The summed E-state index contributed by atoms with van der Waals surface area (Å²) >= 11 is 0. The van der Waals surface area contributed by atoms with E-state index in [-0.39, 0.29) is 0 Å². The molecule has 9 heavy (non-hydrogen) atoms. The average molecular weight is 127 g/mol. The highest BCUT2D eigenvalue weighted by atomic mass is 19.1. The Morgan fingerprint density at radius 3 is 2.33 bits per heavy atom.